The molecule has 102 valence electrons. The molecule has 0 heterocycles. The van der Waals surface area contributed by atoms with Crippen molar-refractivity contribution in [2.24, 2.45) is 0 Å². The minimum atomic E-state index is 0.213. The van der Waals surface area contributed by atoms with Crippen LogP contribution in [0.2, 0.25) is 0 Å². The largest absolute Gasteiger partial charge is 0.295 e. The van der Waals surface area contributed by atoms with E-state index in [9.17, 15) is 4.79 Å². The van der Waals surface area contributed by atoms with Crippen molar-refractivity contribution >= 4 is 5.78 Å². The molecule has 0 saturated heterocycles. The lowest BCUT2D eigenvalue weighted by atomic mass is 10.0. The van der Waals surface area contributed by atoms with Gasteiger partial charge in [0.25, 0.3) is 0 Å². The molecular weight excluding hydrogens is 220 g/mol. The summed E-state index contributed by atoms with van der Waals surface area (Å²) in [4.78, 5) is 11.4. The van der Waals surface area contributed by atoms with Gasteiger partial charge in [-0.25, -0.2) is 0 Å². The highest BCUT2D eigenvalue weighted by molar-refractivity contribution is 5.93. The van der Waals surface area contributed by atoms with Crippen LogP contribution in [0.1, 0.15) is 66.7 Å². The first-order chi connectivity index (χ1) is 8.49. The van der Waals surface area contributed by atoms with Gasteiger partial charge < -0.3 is 0 Å². The maximum absolute atomic E-state index is 11.4. The number of rotatable bonds is 8. The van der Waals surface area contributed by atoms with Crippen molar-refractivity contribution in [3.8, 4) is 0 Å². The molecule has 0 saturated carbocycles. The zero-order valence-electron chi connectivity index (χ0n) is 12.7. The minimum absolute atomic E-state index is 0.213. The van der Waals surface area contributed by atoms with E-state index >= 15 is 0 Å². The number of Topliss-reactive ketones (excluding diaryl/α,β-unsaturated/α-hetero) is 1. The predicted molar refractivity (Wildman–Crippen MR) is 80.7 cm³/mol. The average Bonchev–Trinajstić information content (AvgIpc) is 2.27. The summed E-state index contributed by atoms with van der Waals surface area (Å²) in [6, 6.07) is 0. The van der Waals surface area contributed by atoms with E-state index < -0.39 is 0 Å². The van der Waals surface area contributed by atoms with Crippen molar-refractivity contribution in [3.63, 3.8) is 0 Å². The Morgan fingerprint density at radius 2 is 1.50 bits per heavy atom. The molecule has 0 radical (unpaired) electrons. The Bertz CT molecular complexity index is 339. The number of hydrogen-bond donors (Lipinski definition) is 0. The Labute approximate surface area is 113 Å². The monoisotopic (exact) mass is 248 g/mol. The second-order valence-electron chi connectivity index (χ2n) is 5.04. The minimum Gasteiger partial charge on any atom is -0.295 e. The van der Waals surface area contributed by atoms with Crippen LogP contribution in [-0.4, -0.2) is 5.78 Å². The smallest absolute Gasteiger partial charge is 0.155 e. The molecule has 0 unspecified atom stereocenters. The summed E-state index contributed by atoms with van der Waals surface area (Å²) in [5.74, 6) is 0.213. The molecule has 0 amide bonds. The maximum atomic E-state index is 11.4. The molecule has 1 heteroatoms. The molecule has 0 aromatic carbocycles. The fraction of sp³-hybridized carbons (Fsp3) is 0.588. The Balaban J connectivity index is 3.95. The lowest BCUT2D eigenvalue weighted by Gasteiger charge is -2.03. The van der Waals surface area contributed by atoms with Crippen molar-refractivity contribution in [2.75, 3.05) is 0 Å². The lowest BCUT2D eigenvalue weighted by molar-refractivity contribution is -0.113. The van der Waals surface area contributed by atoms with Crippen molar-refractivity contribution in [3.05, 3.63) is 34.9 Å². The summed E-state index contributed by atoms with van der Waals surface area (Å²) in [7, 11) is 0. The van der Waals surface area contributed by atoms with Crippen LogP contribution < -0.4 is 0 Å². The predicted octanol–water partition coefficient (Wildman–Crippen LogP) is 5.38. The Morgan fingerprint density at radius 3 is 1.94 bits per heavy atom. The highest BCUT2D eigenvalue weighted by atomic mass is 16.1. The van der Waals surface area contributed by atoms with E-state index in [-0.39, 0.29) is 5.78 Å². The van der Waals surface area contributed by atoms with Gasteiger partial charge in [0.2, 0.25) is 0 Å². The van der Waals surface area contributed by atoms with E-state index in [4.69, 9.17) is 0 Å². The standard InChI is InChI=1S/C17H28O/c1-6-11-15(4)12-9-7-8-10-13-17(14(2)3)16(5)18/h7-8,11H,6,9-10,12-13H2,1-5H3/b8-7+,15-11+. The molecule has 0 aromatic heterocycles. The highest BCUT2D eigenvalue weighted by Crippen LogP contribution is 2.13. The topological polar surface area (TPSA) is 17.1 Å². The number of carbonyl (C=O) groups excluding carboxylic acids is 1. The molecular formula is C17H28O. The quantitative estimate of drug-likeness (QED) is 0.416. The second kappa shape index (κ2) is 9.87. The summed E-state index contributed by atoms with van der Waals surface area (Å²) < 4.78 is 0. The third-order valence-electron chi connectivity index (χ3n) is 3.01. The van der Waals surface area contributed by atoms with E-state index in [1.165, 1.54) is 5.57 Å². The summed E-state index contributed by atoms with van der Waals surface area (Å²) in [5, 5.41) is 0. The first kappa shape index (κ1) is 16.9. The number of allylic oxidation sites excluding steroid dienone is 6. The van der Waals surface area contributed by atoms with Gasteiger partial charge in [0.1, 0.15) is 0 Å². The van der Waals surface area contributed by atoms with Gasteiger partial charge in [0.15, 0.2) is 5.78 Å². The summed E-state index contributed by atoms with van der Waals surface area (Å²) in [5.41, 5.74) is 3.61. The fourth-order valence-corrected chi connectivity index (χ4v) is 2.00. The Kier molecular flexibility index (Phi) is 9.26. The van der Waals surface area contributed by atoms with E-state index in [0.29, 0.717) is 0 Å². The van der Waals surface area contributed by atoms with Gasteiger partial charge in [0, 0.05) is 0 Å². The van der Waals surface area contributed by atoms with Gasteiger partial charge in [-0.3, -0.25) is 4.79 Å². The van der Waals surface area contributed by atoms with Crippen molar-refractivity contribution in [1.82, 2.24) is 0 Å². The summed E-state index contributed by atoms with van der Waals surface area (Å²) in [6.45, 7) is 10.0. The van der Waals surface area contributed by atoms with Gasteiger partial charge >= 0.3 is 0 Å². The molecule has 0 aliphatic carbocycles. The molecule has 0 aliphatic heterocycles. The molecule has 0 spiro atoms. The highest BCUT2D eigenvalue weighted by Gasteiger charge is 2.03. The van der Waals surface area contributed by atoms with Crippen LogP contribution in [0, 0.1) is 0 Å². The fourth-order valence-electron chi connectivity index (χ4n) is 2.00. The van der Waals surface area contributed by atoms with Crippen LogP contribution in [0.5, 0.6) is 0 Å². The van der Waals surface area contributed by atoms with E-state index in [0.717, 1.165) is 43.3 Å². The molecule has 0 atom stereocenters. The Morgan fingerprint density at radius 1 is 0.944 bits per heavy atom. The van der Waals surface area contributed by atoms with Crippen LogP contribution >= 0.6 is 0 Å². The van der Waals surface area contributed by atoms with Crippen molar-refractivity contribution in [1.29, 1.82) is 0 Å². The van der Waals surface area contributed by atoms with E-state index in [1.807, 2.05) is 13.8 Å². The molecule has 0 fully saturated rings. The van der Waals surface area contributed by atoms with Gasteiger partial charge in [-0.15, -0.1) is 0 Å². The number of ketones is 1. The first-order valence-corrected chi connectivity index (χ1v) is 6.97. The first-order valence-electron chi connectivity index (χ1n) is 6.97. The molecule has 0 bridgehead atoms. The lowest BCUT2D eigenvalue weighted by Crippen LogP contribution is -1.98. The van der Waals surface area contributed by atoms with Gasteiger partial charge in [0.05, 0.1) is 0 Å². The Hall–Kier alpha value is -1.11. The van der Waals surface area contributed by atoms with Crippen LogP contribution in [0.3, 0.4) is 0 Å². The summed E-state index contributed by atoms with van der Waals surface area (Å²) in [6.07, 6.45) is 11.9. The molecule has 0 aliphatic rings. The zero-order chi connectivity index (χ0) is 14.0. The molecule has 18 heavy (non-hydrogen) atoms. The molecule has 1 nitrogen and oxygen atoms in total. The molecule has 0 aromatic rings. The second-order valence-corrected chi connectivity index (χ2v) is 5.04. The SMILES string of the molecule is CC/C=C(\C)CC/C=C/CCC(C(C)=O)=C(C)C. The van der Waals surface area contributed by atoms with Crippen LogP contribution in [0.25, 0.3) is 0 Å². The summed E-state index contributed by atoms with van der Waals surface area (Å²) >= 11 is 0. The van der Waals surface area contributed by atoms with Crippen LogP contribution in [0.4, 0.5) is 0 Å². The van der Waals surface area contributed by atoms with Crippen molar-refractivity contribution in [2.45, 2.75) is 66.7 Å². The van der Waals surface area contributed by atoms with E-state index in [2.05, 4.69) is 32.1 Å². The third kappa shape index (κ3) is 8.05. The third-order valence-corrected chi connectivity index (χ3v) is 3.01. The maximum Gasteiger partial charge on any atom is 0.155 e. The van der Waals surface area contributed by atoms with E-state index in [1.54, 1.807) is 6.92 Å². The van der Waals surface area contributed by atoms with Crippen molar-refractivity contribution < 1.29 is 4.79 Å². The van der Waals surface area contributed by atoms with Gasteiger partial charge in [-0.05, 0) is 65.4 Å². The molecule has 0 N–H and O–H groups in total. The average molecular weight is 248 g/mol. The normalized spacial score (nSPS) is 11.9. The number of carbonyl (C=O) groups is 1. The zero-order valence-corrected chi connectivity index (χ0v) is 12.7. The van der Waals surface area contributed by atoms with Crippen LogP contribution in [-0.2, 0) is 4.79 Å². The number of hydrogen-bond acceptors (Lipinski definition) is 1. The van der Waals surface area contributed by atoms with Gasteiger partial charge in [-0.2, -0.15) is 0 Å². The van der Waals surface area contributed by atoms with Crippen LogP contribution in [0.15, 0.2) is 34.9 Å². The molecule has 0 rings (SSSR count). The van der Waals surface area contributed by atoms with Gasteiger partial charge in [-0.1, -0.05) is 36.3 Å².